The van der Waals surface area contributed by atoms with E-state index in [0.29, 0.717) is 15.7 Å². The molecule has 0 aliphatic carbocycles. The lowest BCUT2D eigenvalue weighted by molar-refractivity contribution is 0.102. The molecular weight excluding hydrogens is 391 g/mol. The topological polar surface area (TPSA) is 101 Å². The predicted molar refractivity (Wildman–Crippen MR) is 102 cm³/mol. The van der Waals surface area contributed by atoms with E-state index in [4.69, 9.17) is 0 Å². The highest BCUT2D eigenvalue weighted by Crippen LogP contribution is 2.29. The smallest absolute Gasteiger partial charge is 0.278 e. The van der Waals surface area contributed by atoms with Crippen molar-refractivity contribution < 1.29 is 17.6 Å². The van der Waals surface area contributed by atoms with E-state index in [1.54, 1.807) is 19.1 Å². The average Bonchev–Trinajstić information content (AvgIpc) is 2.97. The first kappa shape index (κ1) is 18.9. The van der Waals surface area contributed by atoms with Crippen LogP contribution in [0.1, 0.15) is 15.5 Å². The molecule has 0 atom stereocenters. The van der Waals surface area contributed by atoms with Crippen molar-refractivity contribution in [3.8, 4) is 0 Å². The monoisotopic (exact) mass is 406 g/mol. The number of halogens is 1. The Balaban J connectivity index is 1.86. The number of hydrogen-bond acceptors (Lipinski definition) is 7. The van der Waals surface area contributed by atoms with Gasteiger partial charge in [-0.3, -0.25) is 4.79 Å². The number of nitrogens with zero attached hydrogens (tertiary/aromatic N) is 2. The van der Waals surface area contributed by atoms with Crippen LogP contribution in [0.15, 0.2) is 47.5 Å². The number of hydrogen-bond donors (Lipinski definition) is 2. The van der Waals surface area contributed by atoms with E-state index in [1.807, 2.05) is 0 Å². The van der Waals surface area contributed by atoms with Gasteiger partial charge >= 0.3 is 0 Å². The molecule has 3 aromatic rings. The molecule has 2 N–H and O–H groups in total. The number of aromatic nitrogens is 2. The summed E-state index contributed by atoms with van der Waals surface area (Å²) in [7, 11) is -3.35. The molecule has 0 bridgehead atoms. The third-order valence-electron chi connectivity index (χ3n) is 3.44. The number of rotatable bonds is 5. The Bertz CT molecular complexity index is 1100. The minimum atomic E-state index is -3.35. The number of sulfone groups is 1. The van der Waals surface area contributed by atoms with Crippen LogP contribution in [0.5, 0.6) is 0 Å². The van der Waals surface area contributed by atoms with Gasteiger partial charge in [-0.05, 0) is 37.3 Å². The van der Waals surface area contributed by atoms with Gasteiger partial charge in [0.15, 0.2) is 15.5 Å². The number of benzene rings is 1. The predicted octanol–water partition coefficient (Wildman–Crippen LogP) is 3.39. The maximum absolute atomic E-state index is 12.9. The van der Waals surface area contributed by atoms with Crippen molar-refractivity contribution in [3.63, 3.8) is 0 Å². The van der Waals surface area contributed by atoms with Crippen molar-refractivity contribution in [2.24, 2.45) is 0 Å². The SMILES string of the molecule is Cc1nc(C(=O)Nc2ccc(F)cn2)c(Nc2cccc(S(C)(=O)=O)c2)s1. The summed E-state index contributed by atoms with van der Waals surface area (Å²) in [6.07, 6.45) is 2.12. The van der Waals surface area contributed by atoms with E-state index in [2.05, 4.69) is 20.6 Å². The van der Waals surface area contributed by atoms with Crippen molar-refractivity contribution in [1.29, 1.82) is 0 Å². The quantitative estimate of drug-likeness (QED) is 0.674. The van der Waals surface area contributed by atoms with Crippen LogP contribution in [0.25, 0.3) is 0 Å². The lowest BCUT2D eigenvalue weighted by Crippen LogP contribution is -2.15. The normalized spacial score (nSPS) is 11.2. The molecule has 2 aromatic heterocycles. The Labute approximate surface area is 159 Å². The van der Waals surface area contributed by atoms with Crippen LogP contribution >= 0.6 is 11.3 Å². The summed E-state index contributed by atoms with van der Waals surface area (Å²) in [5.41, 5.74) is 0.643. The molecular formula is C17H15FN4O3S2. The van der Waals surface area contributed by atoms with Gasteiger partial charge in [-0.15, -0.1) is 11.3 Å². The molecule has 0 radical (unpaired) electrons. The largest absolute Gasteiger partial charge is 0.345 e. The standard InChI is InChI=1S/C17H15FN4O3S2/c1-10-20-15(16(23)22-14-7-6-11(18)9-19-14)17(26-10)21-12-4-3-5-13(8-12)27(2,24)25/h3-9,21H,1-2H3,(H,19,22,23). The second-order valence-corrected chi connectivity index (χ2v) is 8.87. The Morgan fingerprint density at radius 1 is 1.22 bits per heavy atom. The molecule has 1 aromatic carbocycles. The molecule has 2 heterocycles. The number of pyridine rings is 1. The van der Waals surface area contributed by atoms with E-state index in [9.17, 15) is 17.6 Å². The molecule has 27 heavy (non-hydrogen) atoms. The number of carbonyl (C=O) groups is 1. The zero-order valence-electron chi connectivity index (χ0n) is 14.4. The highest BCUT2D eigenvalue weighted by atomic mass is 32.2. The second-order valence-electron chi connectivity index (χ2n) is 5.65. The van der Waals surface area contributed by atoms with E-state index in [1.165, 1.54) is 35.6 Å². The summed E-state index contributed by atoms with van der Waals surface area (Å²) in [5.74, 6) is -0.831. The minimum absolute atomic E-state index is 0.133. The first-order valence-electron chi connectivity index (χ1n) is 7.70. The molecule has 0 aliphatic rings. The van der Waals surface area contributed by atoms with Crippen molar-refractivity contribution in [2.45, 2.75) is 11.8 Å². The fourth-order valence-electron chi connectivity index (χ4n) is 2.23. The van der Waals surface area contributed by atoms with Gasteiger partial charge in [0.1, 0.15) is 16.6 Å². The fraction of sp³-hybridized carbons (Fsp3) is 0.118. The van der Waals surface area contributed by atoms with Gasteiger partial charge in [0, 0.05) is 11.9 Å². The minimum Gasteiger partial charge on any atom is -0.345 e. The summed E-state index contributed by atoms with van der Waals surface area (Å²) in [6, 6.07) is 8.79. The van der Waals surface area contributed by atoms with Crippen molar-refractivity contribution in [1.82, 2.24) is 9.97 Å². The van der Waals surface area contributed by atoms with Gasteiger partial charge in [0.2, 0.25) is 0 Å². The molecule has 1 amide bonds. The zero-order valence-corrected chi connectivity index (χ0v) is 16.0. The number of thiazole rings is 1. The fourth-order valence-corrected chi connectivity index (χ4v) is 3.73. The summed E-state index contributed by atoms with van der Waals surface area (Å²) < 4.78 is 36.4. The molecule has 0 unspecified atom stereocenters. The Kier molecular flexibility index (Phi) is 5.19. The molecule has 0 saturated heterocycles. The van der Waals surface area contributed by atoms with E-state index in [0.717, 1.165) is 12.5 Å². The van der Waals surface area contributed by atoms with Gasteiger partial charge in [0.25, 0.3) is 5.91 Å². The van der Waals surface area contributed by atoms with Crippen LogP contribution in [0.4, 0.5) is 20.9 Å². The number of carbonyl (C=O) groups excluding carboxylic acids is 1. The average molecular weight is 406 g/mol. The van der Waals surface area contributed by atoms with E-state index >= 15 is 0 Å². The lowest BCUT2D eigenvalue weighted by Gasteiger charge is -2.08. The van der Waals surface area contributed by atoms with Crippen LogP contribution in [-0.2, 0) is 9.84 Å². The highest BCUT2D eigenvalue weighted by Gasteiger charge is 2.18. The number of nitrogens with one attached hydrogen (secondary N) is 2. The maximum atomic E-state index is 12.9. The van der Waals surface area contributed by atoms with Crippen LogP contribution in [0.2, 0.25) is 0 Å². The zero-order chi connectivity index (χ0) is 19.6. The van der Waals surface area contributed by atoms with Crippen molar-refractivity contribution in [3.05, 3.63) is 59.1 Å². The first-order chi connectivity index (χ1) is 12.7. The molecule has 0 fully saturated rings. The van der Waals surface area contributed by atoms with Crippen LogP contribution < -0.4 is 10.6 Å². The lowest BCUT2D eigenvalue weighted by atomic mass is 10.3. The number of anilines is 3. The molecule has 7 nitrogen and oxygen atoms in total. The summed E-state index contributed by atoms with van der Waals surface area (Å²) in [4.78, 5) is 20.7. The van der Waals surface area contributed by atoms with Gasteiger partial charge in [0.05, 0.1) is 16.1 Å². The van der Waals surface area contributed by atoms with Gasteiger partial charge in [-0.1, -0.05) is 6.07 Å². The Morgan fingerprint density at radius 2 is 2.00 bits per heavy atom. The third-order valence-corrected chi connectivity index (χ3v) is 5.43. The molecule has 0 spiro atoms. The van der Waals surface area contributed by atoms with Crippen LogP contribution in [-0.4, -0.2) is 30.5 Å². The van der Waals surface area contributed by atoms with Gasteiger partial charge in [-0.2, -0.15) is 0 Å². The number of amides is 1. The van der Waals surface area contributed by atoms with Crippen LogP contribution in [0.3, 0.4) is 0 Å². The molecule has 10 heteroatoms. The van der Waals surface area contributed by atoms with Crippen molar-refractivity contribution in [2.75, 3.05) is 16.9 Å². The summed E-state index contributed by atoms with van der Waals surface area (Å²) in [5, 5.41) is 6.69. The molecule has 3 rings (SSSR count). The van der Waals surface area contributed by atoms with Crippen molar-refractivity contribution >= 4 is 43.6 Å². The molecule has 0 saturated carbocycles. The van der Waals surface area contributed by atoms with Crippen LogP contribution in [0, 0.1) is 12.7 Å². The third kappa shape index (κ3) is 4.66. The molecule has 0 aliphatic heterocycles. The number of aryl methyl sites for hydroxylation is 1. The Morgan fingerprint density at radius 3 is 2.67 bits per heavy atom. The second kappa shape index (κ2) is 7.41. The highest BCUT2D eigenvalue weighted by molar-refractivity contribution is 7.90. The summed E-state index contributed by atoms with van der Waals surface area (Å²) in [6.45, 7) is 1.75. The summed E-state index contributed by atoms with van der Waals surface area (Å²) >= 11 is 1.25. The van der Waals surface area contributed by atoms with Gasteiger partial charge < -0.3 is 10.6 Å². The molecule has 140 valence electrons. The van der Waals surface area contributed by atoms with E-state index in [-0.39, 0.29) is 16.4 Å². The Hall–Kier alpha value is -2.85. The van der Waals surface area contributed by atoms with Gasteiger partial charge in [-0.25, -0.2) is 22.8 Å². The maximum Gasteiger partial charge on any atom is 0.278 e. The van der Waals surface area contributed by atoms with E-state index < -0.39 is 21.6 Å². The first-order valence-corrected chi connectivity index (χ1v) is 10.4.